The van der Waals surface area contributed by atoms with Gasteiger partial charge in [0.15, 0.2) is 0 Å². The number of ether oxygens (including phenoxy) is 2. The van der Waals surface area contributed by atoms with Crippen molar-refractivity contribution in [3.63, 3.8) is 0 Å². The SMILES string of the molecule is COc1ccc(OCCCN)c2ccccc12. The van der Waals surface area contributed by atoms with Gasteiger partial charge in [0, 0.05) is 10.8 Å². The normalized spacial score (nSPS) is 10.5. The summed E-state index contributed by atoms with van der Waals surface area (Å²) < 4.78 is 11.1. The zero-order valence-corrected chi connectivity index (χ0v) is 9.98. The highest BCUT2D eigenvalue weighted by atomic mass is 16.5. The monoisotopic (exact) mass is 231 g/mol. The first-order valence-electron chi connectivity index (χ1n) is 5.75. The van der Waals surface area contributed by atoms with Crippen molar-refractivity contribution in [2.24, 2.45) is 5.73 Å². The lowest BCUT2D eigenvalue weighted by Crippen LogP contribution is -2.06. The molecule has 90 valence electrons. The molecule has 0 aliphatic carbocycles. The van der Waals surface area contributed by atoms with Crippen LogP contribution in [0.25, 0.3) is 10.8 Å². The van der Waals surface area contributed by atoms with Gasteiger partial charge in [-0.05, 0) is 25.1 Å². The summed E-state index contributed by atoms with van der Waals surface area (Å²) in [6.45, 7) is 1.29. The number of hydrogen-bond acceptors (Lipinski definition) is 3. The summed E-state index contributed by atoms with van der Waals surface area (Å²) in [7, 11) is 1.68. The van der Waals surface area contributed by atoms with Crippen LogP contribution < -0.4 is 15.2 Å². The molecule has 0 aromatic heterocycles. The first kappa shape index (κ1) is 11.7. The van der Waals surface area contributed by atoms with E-state index in [1.165, 1.54) is 0 Å². The number of methoxy groups -OCH3 is 1. The van der Waals surface area contributed by atoms with Crippen molar-refractivity contribution in [2.45, 2.75) is 6.42 Å². The van der Waals surface area contributed by atoms with Crippen LogP contribution in [-0.4, -0.2) is 20.3 Å². The van der Waals surface area contributed by atoms with Gasteiger partial charge in [-0.2, -0.15) is 0 Å². The second-order valence-corrected chi connectivity index (χ2v) is 3.80. The molecule has 2 aromatic carbocycles. The second kappa shape index (κ2) is 5.55. The summed E-state index contributed by atoms with van der Waals surface area (Å²) in [5.74, 6) is 1.75. The minimum Gasteiger partial charge on any atom is -0.496 e. The highest BCUT2D eigenvalue weighted by Crippen LogP contribution is 2.32. The minimum atomic E-state index is 0.646. The average Bonchev–Trinajstić information content (AvgIpc) is 2.39. The Hall–Kier alpha value is -1.74. The number of nitrogens with two attached hydrogens (primary N) is 1. The van der Waals surface area contributed by atoms with Crippen molar-refractivity contribution in [3.05, 3.63) is 36.4 Å². The molecule has 0 amide bonds. The Bertz CT molecular complexity index is 497. The quantitative estimate of drug-likeness (QED) is 0.804. The summed E-state index contributed by atoms with van der Waals surface area (Å²) in [6, 6.07) is 11.9. The summed E-state index contributed by atoms with van der Waals surface area (Å²) in [4.78, 5) is 0. The van der Waals surface area contributed by atoms with E-state index in [1.807, 2.05) is 36.4 Å². The first-order valence-corrected chi connectivity index (χ1v) is 5.75. The van der Waals surface area contributed by atoms with Gasteiger partial charge in [-0.25, -0.2) is 0 Å². The Morgan fingerprint density at radius 3 is 2.29 bits per heavy atom. The molecule has 3 heteroatoms. The molecule has 0 saturated carbocycles. The van der Waals surface area contributed by atoms with E-state index in [-0.39, 0.29) is 0 Å². The van der Waals surface area contributed by atoms with E-state index in [2.05, 4.69) is 0 Å². The molecule has 2 aromatic rings. The van der Waals surface area contributed by atoms with E-state index in [0.29, 0.717) is 13.2 Å². The number of fused-ring (bicyclic) bond motifs is 1. The predicted molar refractivity (Wildman–Crippen MR) is 69.7 cm³/mol. The molecule has 0 unspecified atom stereocenters. The van der Waals surface area contributed by atoms with Gasteiger partial charge >= 0.3 is 0 Å². The number of benzene rings is 2. The molecule has 0 saturated heterocycles. The van der Waals surface area contributed by atoms with Crippen molar-refractivity contribution in [1.82, 2.24) is 0 Å². The molecule has 0 heterocycles. The maximum Gasteiger partial charge on any atom is 0.127 e. The number of hydrogen-bond donors (Lipinski definition) is 1. The molecule has 0 fully saturated rings. The molecule has 0 spiro atoms. The van der Waals surface area contributed by atoms with Crippen LogP contribution in [-0.2, 0) is 0 Å². The van der Waals surface area contributed by atoms with E-state index in [9.17, 15) is 0 Å². The van der Waals surface area contributed by atoms with Gasteiger partial charge in [0.1, 0.15) is 11.5 Å². The fraction of sp³-hybridized carbons (Fsp3) is 0.286. The van der Waals surface area contributed by atoms with E-state index >= 15 is 0 Å². The smallest absolute Gasteiger partial charge is 0.127 e. The summed E-state index contributed by atoms with van der Waals surface area (Å²) in [5, 5.41) is 2.14. The molecule has 0 atom stereocenters. The highest BCUT2D eigenvalue weighted by Gasteiger charge is 2.06. The molecular formula is C14H17NO2. The molecular weight excluding hydrogens is 214 g/mol. The maximum absolute atomic E-state index is 5.72. The van der Waals surface area contributed by atoms with Crippen LogP contribution in [0.1, 0.15) is 6.42 Å². The Balaban J connectivity index is 2.37. The van der Waals surface area contributed by atoms with E-state index < -0.39 is 0 Å². The Morgan fingerprint density at radius 1 is 1.00 bits per heavy atom. The van der Waals surface area contributed by atoms with Crippen LogP contribution in [0.5, 0.6) is 11.5 Å². The van der Waals surface area contributed by atoms with Gasteiger partial charge in [0.2, 0.25) is 0 Å². The fourth-order valence-electron chi connectivity index (χ4n) is 1.81. The topological polar surface area (TPSA) is 44.5 Å². The zero-order valence-electron chi connectivity index (χ0n) is 9.98. The predicted octanol–water partition coefficient (Wildman–Crippen LogP) is 2.58. The summed E-state index contributed by atoms with van der Waals surface area (Å²) in [6.07, 6.45) is 0.861. The molecule has 0 bridgehead atoms. The first-order chi connectivity index (χ1) is 8.36. The summed E-state index contributed by atoms with van der Waals surface area (Å²) in [5.41, 5.74) is 5.45. The Morgan fingerprint density at radius 2 is 1.65 bits per heavy atom. The standard InChI is InChI=1S/C14H17NO2/c1-16-13-7-8-14(17-10-4-9-15)12-6-3-2-5-11(12)13/h2-3,5-8H,4,9-10,15H2,1H3. The van der Waals surface area contributed by atoms with Crippen molar-refractivity contribution >= 4 is 10.8 Å². The number of rotatable bonds is 5. The van der Waals surface area contributed by atoms with Crippen LogP contribution >= 0.6 is 0 Å². The van der Waals surface area contributed by atoms with Gasteiger partial charge in [-0.1, -0.05) is 24.3 Å². The van der Waals surface area contributed by atoms with Crippen molar-refractivity contribution in [3.8, 4) is 11.5 Å². The van der Waals surface area contributed by atoms with Gasteiger partial charge in [0.25, 0.3) is 0 Å². The van der Waals surface area contributed by atoms with E-state index in [0.717, 1.165) is 28.7 Å². The van der Waals surface area contributed by atoms with E-state index in [1.54, 1.807) is 7.11 Å². The lowest BCUT2D eigenvalue weighted by Gasteiger charge is -2.11. The maximum atomic E-state index is 5.72. The average molecular weight is 231 g/mol. The third-order valence-electron chi connectivity index (χ3n) is 2.67. The van der Waals surface area contributed by atoms with E-state index in [4.69, 9.17) is 15.2 Å². The largest absolute Gasteiger partial charge is 0.496 e. The fourth-order valence-corrected chi connectivity index (χ4v) is 1.81. The molecule has 0 aliphatic rings. The minimum absolute atomic E-state index is 0.646. The second-order valence-electron chi connectivity index (χ2n) is 3.80. The van der Waals surface area contributed by atoms with Gasteiger partial charge in [-0.15, -0.1) is 0 Å². The molecule has 2 N–H and O–H groups in total. The lowest BCUT2D eigenvalue weighted by atomic mass is 10.1. The van der Waals surface area contributed by atoms with Crippen molar-refractivity contribution < 1.29 is 9.47 Å². The molecule has 0 aliphatic heterocycles. The Kier molecular flexibility index (Phi) is 3.83. The highest BCUT2D eigenvalue weighted by molar-refractivity contribution is 5.93. The van der Waals surface area contributed by atoms with Gasteiger partial charge in [-0.3, -0.25) is 0 Å². The summed E-state index contributed by atoms with van der Waals surface area (Å²) >= 11 is 0. The third-order valence-corrected chi connectivity index (χ3v) is 2.67. The zero-order chi connectivity index (χ0) is 12.1. The van der Waals surface area contributed by atoms with Crippen LogP contribution in [0.4, 0.5) is 0 Å². The molecule has 0 radical (unpaired) electrons. The van der Waals surface area contributed by atoms with Gasteiger partial charge in [0.05, 0.1) is 13.7 Å². The van der Waals surface area contributed by atoms with Crippen molar-refractivity contribution in [2.75, 3.05) is 20.3 Å². The van der Waals surface area contributed by atoms with Crippen LogP contribution in [0.2, 0.25) is 0 Å². The Labute approximate surface area is 101 Å². The molecule has 17 heavy (non-hydrogen) atoms. The molecule has 3 nitrogen and oxygen atoms in total. The van der Waals surface area contributed by atoms with Crippen molar-refractivity contribution in [1.29, 1.82) is 0 Å². The van der Waals surface area contributed by atoms with Crippen LogP contribution in [0.15, 0.2) is 36.4 Å². The van der Waals surface area contributed by atoms with Crippen LogP contribution in [0, 0.1) is 0 Å². The third kappa shape index (κ3) is 2.50. The molecule has 2 rings (SSSR count). The van der Waals surface area contributed by atoms with Crippen LogP contribution in [0.3, 0.4) is 0 Å². The van der Waals surface area contributed by atoms with Gasteiger partial charge < -0.3 is 15.2 Å². The lowest BCUT2D eigenvalue weighted by molar-refractivity contribution is 0.316.